The van der Waals surface area contributed by atoms with Crippen molar-refractivity contribution in [2.75, 3.05) is 18.6 Å². The second-order valence-electron chi connectivity index (χ2n) is 8.88. The summed E-state index contributed by atoms with van der Waals surface area (Å²) in [4.78, 5) is 29.1. The van der Waals surface area contributed by atoms with E-state index in [1.54, 1.807) is 36.3 Å². The number of nitrogens with zero attached hydrogens (tertiary/aromatic N) is 1. The standard InChI is InChI=1S/C30H29NO5/c1-4-6-17-35-24-16-13-20(18-25(24)34-3)27-26-28(32)22-9-7-8-10-23(22)36-29(26)30(33)31(27)21-14-11-19(5-2)12-15-21/h7-16,18,27H,4-6,17H2,1-3H3. The van der Waals surface area contributed by atoms with Gasteiger partial charge in [-0.1, -0.05) is 50.6 Å². The SMILES string of the molecule is CCCCOc1ccc(C2c3c(oc4ccccc4c3=O)C(=O)N2c2ccc(CC)cc2)cc1OC. The summed E-state index contributed by atoms with van der Waals surface area (Å²) < 4.78 is 17.6. The number of fused-ring (bicyclic) bond motifs is 2. The quantitative estimate of drug-likeness (QED) is 0.275. The van der Waals surface area contributed by atoms with Gasteiger partial charge in [-0.25, -0.2) is 0 Å². The zero-order valence-electron chi connectivity index (χ0n) is 20.7. The summed E-state index contributed by atoms with van der Waals surface area (Å²) in [6, 6.07) is 19.8. The fraction of sp³-hybridized carbons (Fsp3) is 0.267. The van der Waals surface area contributed by atoms with Gasteiger partial charge in [0.05, 0.1) is 30.7 Å². The van der Waals surface area contributed by atoms with Gasteiger partial charge in [0.1, 0.15) is 5.58 Å². The van der Waals surface area contributed by atoms with Crippen molar-refractivity contribution in [1.82, 2.24) is 0 Å². The van der Waals surface area contributed by atoms with Crippen LogP contribution in [0.4, 0.5) is 5.69 Å². The van der Waals surface area contributed by atoms with E-state index in [1.165, 1.54) is 0 Å². The monoisotopic (exact) mass is 483 g/mol. The number of unbranched alkanes of at least 4 members (excludes halogenated alkanes) is 1. The fourth-order valence-corrected chi connectivity index (χ4v) is 4.69. The molecular weight excluding hydrogens is 454 g/mol. The van der Waals surface area contributed by atoms with Crippen molar-refractivity contribution in [2.24, 2.45) is 0 Å². The van der Waals surface area contributed by atoms with E-state index in [1.807, 2.05) is 42.5 Å². The largest absolute Gasteiger partial charge is 0.493 e. The average molecular weight is 484 g/mol. The molecule has 1 aromatic heterocycles. The second-order valence-corrected chi connectivity index (χ2v) is 8.88. The number of amides is 1. The molecule has 184 valence electrons. The summed E-state index contributed by atoms with van der Waals surface area (Å²) in [5.74, 6) is 0.912. The molecule has 0 radical (unpaired) electrons. The molecule has 0 spiro atoms. The van der Waals surface area contributed by atoms with Gasteiger partial charge in [-0.2, -0.15) is 0 Å². The molecule has 1 aliphatic rings. The topological polar surface area (TPSA) is 69.0 Å². The van der Waals surface area contributed by atoms with Gasteiger partial charge in [0.25, 0.3) is 5.91 Å². The van der Waals surface area contributed by atoms with Gasteiger partial charge in [-0.15, -0.1) is 0 Å². The van der Waals surface area contributed by atoms with Gasteiger partial charge < -0.3 is 13.9 Å². The Kier molecular flexibility index (Phi) is 6.51. The van der Waals surface area contributed by atoms with E-state index in [2.05, 4.69) is 13.8 Å². The highest BCUT2D eigenvalue weighted by molar-refractivity contribution is 6.10. The lowest BCUT2D eigenvalue weighted by molar-refractivity contribution is 0.0971. The first-order valence-corrected chi connectivity index (χ1v) is 12.4. The Hall–Kier alpha value is -4.06. The molecule has 0 saturated carbocycles. The molecule has 1 atom stereocenters. The van der Waals surface area contributed by atoms with E-state index in [9.17, 15) is 9.59 Å². The molecule has 3 aromatic carbocycles. The number of benzene rings is 3. The summed E-state index contributed by atoms with van der Waals surface area (Å²) in [5.41, 5.74) is 3.12. The summed E-state index contributed by atoms with van der Waals surface area (Å²) >= 11 is 0. The molecule has 1 amide bonds. The van der Waals surface area contributed by atoms with Crippen LogP contribution in [0.15, 0.2) is 75.9 Å². The molecule has 4 aromatic rings. The third-order valence-electron chi connectivity index (χ3n) is 6.66. The molecule has 0 saturated heterocycles. The Morgan fingerprint density at radius 3 is 2.44 bits per heavy atom. The van der Waals surface area contributed by atoms with Gasteiger partial charge in [-0.3, -0.25) is 14.5 Å². The molecule has 0 fully saturated rings. The number of aryl methyl sites for hydroxylation is 1. The normalized spacial score (nSPS) is 14.8. The van der Waals surface area contributed by atoms with Crippen molar-refractivity contribution in [3.05, 3.63) is 99.4 Å². The number of ether oxygens (including phenoxy) is 2. The lowest BCUT2D eigenvalue weighted by atomic mass is 9.97. The van der Waals surface area contributed by atoms with Gasteiger partial charge in [0, 0.05) is 5.69 Å². The summed E-state index contributed by atoms with van der Waals surface area (Å²) in [5, 5.41) is 0.448. The van der Waals surface area contributed by atoms with E-state index in [0.717, 1.165) is 30.4 Å². The molecule has 6 nitrogen and oxygen atoms in total. The molecule has 1 aliphatic heterocycles. The summed E-state index contributed by atoms with van der Waals surface area (Å²) in [7, 11) is 1.59. The van der Waals surface area contributed by atoms with E-state index in [-0.39, 0.29) is 17.1 Å². The van der Waals surface area contributed by atoms with Crippen molar-refractivity contribution < 1.29 is 18.7 Å². The van der Waals surface area contributed by atoms with Crippen LogP contribution in [0.3, 0.4) is 0 Å². The van der Waals surface area contributed by atoms with E-state index in [4.69, 9.17) is 13.9 Å². The number of carbonyl (C=O) groups excluding carboxylic acids is 1. The number of hydrogen-bond acceptors (Lipinski definition) is 5. The Labute approximate surface area is 210 Å². The van der Waals surface area contributed by atoms with Crippen LogP contribution in [0.5, 0.6) is 11.5 Å². The highest BCUT2D eigenvalue weighted by atomic mass is 16.5. The van der Waals surface area contributed by atoms with Crippen LogP contribution in [-0.2, 0) is 6.42 Å². The van der Waals surface area contributed by atoms with Gasteiger partial charge in [0.2, 0.25) is 5.76 Å². The van der Waals surface area contributed by atoms with Crippen LogP contribution >= 0.6 is 0 Å². The predicted molar refractivity (Wildman–Crippen MR) is 140 cm³/mol. The maximum absolute atomic E-state index is 13.8. The number of hydrogen-bond donors (Lipinski definition) is 0. The van der Waals surface area contributed by atoms with Crippen molar-refractivity contribution >= 4 is 22.6 Å². The van der Waals surface area contributed by atoms with Crippen molar-refractivity contribution in [2.45, 2.75) is 39.2 Å². The van der Waals surface area contributed by atoms with Crippen LogP contribution in [0.25, 0.3) is 11.0 Å². The Bertz CT molecular complexity index is 1470. The van der Waals surface area contributed by atoms with Crippen LogP contribution in [0.2, 0.25) is 0 Å². The third-order valence-corrected chi connectivity index (χ3v) is 6.66. The highest BCUT2D eigenvalue weighted by Crippen LogP contribution is 2.43. The Morgan fingerprint density at radius 1 is 0.944 bits per heavy atom. The lowest BCUT2D eigenvalue weighted by Gasteiger charge is -2.26. The number of para-hydroxylation sites is 1. The van der Waals surface area contributed by atoms with Crippen LogP contribution in [0, 0.1) is 0 Å². The minimum Gasteiger partial charge on any atom is -0.493 e. The lowest BCUT2D eigenvalue weighted by Crippen LogP contribution is -2.29. The molecule has 0 bridgehead atoms. The Morgan fingerprint density at radius 2 is 1.72 bits per heavy atom. The molecule has 2 heterocycles. The van der Waals surface area contributed by atoms with Crippen molar-refractivity contribution in [3.63, 3.8) is 0 Å². The smallest absolute Gasteiger partial charge is 0.295 e. The molecular formula is C30H29NO5. The maximum Gasteiger partial charge on any atom is 0.295 e. The molecule has 0 aliphatic carbocycles. The first kappa shape index (κ1) is 23.7. The summed E-state index contributed by atoms with van der Waals surface area (Å²) in [6.07, 6.45) is 2.85. The first-order valence-electron chi connectivity index (χ1n) is 12.4. The molecule has 1 unspecified atom stereocenters. The molecule has 0 N–H and O–H groups in total. The second kappa shape index (κ2) is 9.90. The maximum atomic E-state index is 13.8. The predicted octanol–water partition coefficient (Wildman–Crippen LogP) is 6.29. The van der Waals surface area contributed by atoms with E-state index in [0.29, 0.717) is 40.3 Å². The zero-order chi connectivity index (χ0) is 25.2. The molecule has 5 rings (SSSR count). The summed E-state index contributed by atoms with van der Waals surface area (Å²) in [6.45, 7) is 4.77. The van der Waals surface area contributed by atoms with Crippen molar-refractivity contribution in [3.8, 4) is 11.5 Å². The van der Waals surface area contributed by atoms with E-state index >= 15 is 0 Å². The molecule has 36 heavy (non-hydrogen) atoms. The number of methoxy groups -OCH3 is 1. The van der Waals surface area contributed by atoms with Gasteiger partial charge >= 0.3 is 0 Å². The first-order chi connectivity index (χ1) is 17.6. The number of anilines is 1. The number of rotatable bonds is 8. The van der Waals surface area contributed by atoms with Crippen LogP contribution in [0.1, 0.15) is 60.0 Å². The average Bonchev–Trinajstić information content (AvgIpc) is 3.21. The zero-order valence-corrected chi connectivity index (χ0v) is 20.7. The Balaban J connectivity index is 1.69. The molecule has 6 heteroatoms. The highest BCUT2D eigenvalue weighted by Gasteiger charge is 2.43. The number of carbonyl (C=O) groups is 1. The minimum atomic E-state index is -0.667. The van der Waals surface area contributed by atoms with Gasteiger partial charge in [0.15, 0.2) is 16.9 Å². The fourth-order valence-electron chi connectivity index (χ4n) is 4.69. The third kappa shape index (κ3) is 4.02. The van der Waals surface area contributed by atoms with Crippen LogP contribution < -0.4 is 19.8 Å². The minimum absolute atomic E-state index is 0.0745. The van der Waals surface area contributed by atoms with Gasteiger partial charge in [-0.05, 0) is 60.4 Å². The van der Waals surface area contributed by atoms with E-state index < -0.39 is 6.04 Å². The van der Waals surface area contributed by atoms with Crippen molar-refractivity contribution in [1.29, 1.82) is 0 Å². The van der Waals surface area contributed by atoms with Crippen LogP contribution in [-0.4, -0.2) is 19.6 Å².